The number of aliphatic hydroxyl groups excluding tert-OH is 1. The first kappa shape index (κ1) is 15.4. The zero-order valence-electron chi connectivity index (χ0n) is 12.8. The average molecular weight is 316 g/mol. The largest absolute Gasteiger partial charge is 0.485 e. The predicted octanol–water partition coefficient (Wildman–Crippen LogP) is 2.22. The van der Waals surface area contributed by atoms with Gasteiger partial charge in [0.25, 0.3) is 5.91 Å². The third kappa shape index (κ3) is 2.77. The van der Waals surface area contributed by atoms with Crippen molar-refractivity contribution in [1.82, 2.24) is 10.3 Å². The van der Waals surface area contributed by atoms with E-state index in [9.17, 15) is 14.3 Å². The minimum Gasteiger partial charge on any atom is -0.485 e. The Hall–Kier alpha value is -2.47. The highest BCUT2D eigenvalue weighted by Gasteiger charge is 2.43. The maximum Gasteiger partial charge on any atom is 0.254 e. The van der Waals surface area contributed by atoms with Gasteiger partial charge in [-0.2, -0.15) is 0 Å². The smallest absolute Gasteiger partial charge is 0.254 e. The Morgan fingerprint density at radius 3 is 2.83 bits per heavy atom. The normalized spacial score (nSPS) is 21.9. The quantitative estimate of drug-likeness (QED) is 0.891. The van der Waals surface area contributed by atoms with Crippen molar-refractivity contribution in [2.75, 3.05) is 0 Å². The van der Waals surface area contributed by atoms with Gasteiger partial charge in [0, 0.05) is 18.0 Å². The third-order valence-electron chi connectivity index (χ3n) is 3.95. The van der Waals surface area contributed by atoms with Gasteiger partial charge in [-0.25, -0.2) is 4.39 Å². The van der Waals surface area contributed by atoms with E-state index in [2.05, 4.69) is 10.3 Å². The number of aliphatic hydroxyl groups is 1. The van der Waals surface area contributed by atoms with E-state index in [1.165, 1.54) is 24.4 Å². The fourth-order valence-electron chi connectivity index (χ4n) is 2.66. The number of aromatic nitrogens is 1. The summed E-state index contributed by atoms with van der Waals surface area (Å²) >= 11 is 0. The summed E-state index contributed by atoms with van der Waals surface area (Å²) in [6.07, 6.45) is 2.09. The van der Waals surface area contributed by atoms with Crippen LogP contribution in [0.15, 0.2) is 42.7 Å². The van der Waals surface area contributed by atoms with Crippen LogP contribution in [0, 0.1) is 5.82 Å². The van der Waals surface area contributed by atoms with Crippen LogP contribution >= 0.6 is 0 Å². The van der Waals surface area contributed by atoms with Crippen molar-refractivity contribution in [3.63, 3.8) is 0 Å². The Kier molecular flexibility index (Phi) is 3.77. The molecule has 0 unspecified atom stereocenters. The number of pyridine rings is 1. The molecule has 2 N–H and O–H groups in total. The molecule has 23 heavy (non-hydrogen) atoms. The molecule has 3 rings (SSSR count). The molecule has 0 fully saturated rings. The molecule has 5 nitrogen and oxygen atoms in total. The van der Waals surface area contributed by atoms with E-state index in [1.807, 2.05) is 0 Å². The molecule has 1 aliphatic rings. The van der Waals surface area contributed by atoms with Crippen LogP contribution in [0.2, 0.25) is 0 Å². The van der Waals surface area contributed by atoms with Crippen LogP contribution in [-0.4, -0.2) is 27.7 Å². The fourth-order valence-corrected chi connectivity index (χ4v) is 2.66. The first-order valence-corrected chi connectivity index (χ1v) is 7.26. The molecule has 6 heteroatoms. The monoisotopic (exact) mass is 316 g/mol. The van der Waals surface area contributed by atoms with Crippen LogP contribution in [0.1, 0.15) is 35.8 Å². The highest BCUT2D eigenvalue weighted by Crippen LogP contribution is 2.39. The number of carbonyl (C=O) groups excluding carboxylic acids is 1. The lowest BCUT2D eigenvalue weighted by Crippen LogP contribution is -2.53. The van der Waals surface area contributed by atoms with Gasteiger partial charge in [-0.1, -0.05) is 12.1 Å². The molecule has 120 valence electrons. The van der Waals surface area contributed by atoms with Crippen LogP contribution in [0.4, 0.5) is 4.39 Å². The van der Waals surface area contributed by atoms with Crippen molar-refractivity contribution in [3.05, 3.63) is 59.7 Å². The molecule has 2 atom stereocenters. The van der Waals surface area contributed by atoms with Gasteiger partial charge >= 0.3 is 0 Å². The molecule has 2 aromatic rings. The van der Waals surface area contributed by atoms with E-state index >= 15 is 0 Å². The van der Waals surface area contributed by atoms with Gasteiger partial charge in [0.1, 0.15) is 23.3 Å². The van der Waals surface area contributed by atoms with E-state index in [1.54, 1.807) is 32.2 Å². The first-order valence-electron chi connectivity index (χ1n) is 7.26. The molecular weight excluding hydrogens is 299 g/mol. The third-order valence-corrected chi connectivity index (χ3v) is 3.95. The SMILES string of the molecule is CC1(C)Oc2ccncc2[C@@H](NC(=O)c2ccccc2F)[C@@H]1O. The topological polar surface area (TPSA) is 71.5 Å². The van der Waals surface area contributed by atoms with Gasteiger partial charge in [-0.3, -0.25) is 9.78 Å². The molecule has 1 aromatic carbocycles. The van der Waals surface area contributed by atoms with Crippen molar-refractivity contribution in [2.24, 2.45) is 0 Å². The second-order valence-electron chi connectivity index (χ2n) is 5.99. The summed E-state index contributed by atoms with van der Waals surface area (Å²) in [5, 5.41) is 13.2. The van der Waals surface area contributed by atoms with E-state index in [0.29, 0.717) is 11.3 Å². The Balaban J connectivity index is 1.95. The zero-order chi connectivity index (χ0) is 16.6. The number of benzene rings is 1. The molecule has 2 heterocycles. The number of ether oxygens (including phenoxy) is 1. The molecule has 0 saturated heterocycles. The van der Waals surface area contributed by atoms with Crippen molar-refractivity contribution >= 4 is 5.91 Å². The summed E-state index contributed by atoms with van der Waals surface area (Å²) in [4.78, 5) is 16.4. The van der Waals surface area contributed by atoms with Gasteiger partial charge < -0.3 is 15.2 Å². The van der Waals surface area contributed by atoms with Crippen LogP contribution in [0.3, 0.4) is 0 Å². The Labute approximate surface area is 133 Å². The Bertz CT molecular complexity index is 748. The van der Waals surface area contributed by atoms with Gasteiger partial charge in [0.05, 0.1) is 11.6 Å². The highest BCUT2D eigenvalue weighted by molar-refractivity contribution is 5.94. The molecule has 0 radical (unpaired) electrons. The number of hydrogen-bond donors (Lipinski definition) is 2. The van der Waals surface area contributed by atoms with Gasteiger partial charge in [-0.15, -0.1) is 0 Å². The number of nitrogens with one attached hydrogen (secondary N) is 1. The lowest BCUT2D eigenvalue weighted by atomic mass is 9.87. The average Bonchev–Trinajstić information content (AvgIpc) is 2.51. The Morgan fingerprint density at radius 1 is 1.35 bits per heavy atom. The minimum absolute atomic E-state index is 0.0746. The van der Waals surface area contributed by atoms with Crippen molar-refractivity contribution < 1.29 is 19.0 Å². The number of carbonyl (C=O) groups is 1. The van der Waals surface area contributed by atoms with Gasteiger partial charge in [-0.05, 0) is 32.0 Å². The van der Waals surface area contributed by atoms with Crippen LogP contribution < -0.4 is 10.1 Å². The number of halogens is 1. The van der Waals surface area contributed by atoms with E-state index in [-0.39, 0.29) is 5.56 Å². The van der Waals surface area contributed by atoms with E-state index < -0.39 is 29.5 Å². The minimum atomic E-state index is -1.00. The lowest BCUT2D eigenvalue weighted by Gasteiger charge is -2.42. The molecular formula is C17H17FN2O3. The molecule has 1 aromatic heterocycles. The van der Waals surface area contributed by atoms with Gasteiger partial charge in [0.2, 0.25) is 0 Å². The molecule has 1 amide bonds. The molecule has 0 bridgehead atoms. The molecule has 1 aliphatic heterocycles. The molecule has 0 saturated carbocycles. The van der Waals surface area contributed by atoms with Crippen molar-refractivity contribution in [3.8, 4) is 5.75 Å². The number of fused-ring (bicyclic) bond motifs is 1. The number of amides is 1. The van der Waals surface area contributed by atoms with Crippen LogP contribution in [0.25, 0.3) is 0 Å². The van der Waals surface area contributed by atoms with E-state index in [4.69, 9.17) is 4.74 Å². The Morgan fingerprint density at radius 2 is 2.09 bits per heavy atom. The second-order valence-corrected chi connectivity index (χ2v) is 5.99. The number of rotatable bonds is 2. The van der Waals surface area contributed by atoms with Crippen LogP contribution in [-0.2, 0) is 0 Å². The second kappa shape index (κ2) is 5.62. The maximum absolute atomic E-state index is 13.8. The van der Waals surface area contributed by atoms with Gasteiger partial charge in [0.15, 0.2) is 0 Å². The number of nitrogens with zero attached hydrogens (tertiary/aromatic N) is 1. The van der Waals surface area contributed by atoms with Crippen molar-refractivity contribution in [2.45, 2.75) is 31.6 Å². The summed E-state index contributed by atoms with van der Waals surface area (Å²) in [7, 11) is 0. The molecule has 0 spiro atoms. The number of hydrogen-bond acceptors (Lipinski definition) is 4. The van der Waals surface area contributed by atoms with Crippen LogP contribution in [0.5, 0.6) is 5.75 Å². The summed E-state index contributed by atoms with van der Waals surface area (Å²) < 4.78 is 19.5. The summed E-state index contributed by atoms with van der Waals surface area (Å²) in [6.45, 7) is 3.45. The summed E-state index contributed by atoms with van der Waals surface area (Å²) in [6, 6.07) is 6.64. The van der Waals surface area contributed by atoms with E-state index in [0.717, 1.165) is 0 Å². The highest BCUT2D eigenvalue weighted by atomic mass is 19.1. The molecule has 0 aliphatic carbocycles. The van der Waals surface area contributed by atoms with Crippen molar-refractivity contribution in [1.29, 1.82) is 0 Å². The summed E-state index contributed by atoms with van der Waals surface area (Å²) in [5.74, 6) is -0.675. The zero-order valence-corrected chi connectivity index (χ0v) is 12.8. The predicted molar refractivity (Wildman–Crippen MR) is 81.6 cm³/mol. The summed E-state index contributed by atoms with van der Waals surface area (Å²) in [5.41, 5.74) is -0.417. The maximum atomic E-state index is 13.8. The lowest BCUT2D eigenvalue weighted by molar-refractivity contribution is -0.0629. The first-order chi connectivity index (χ1) is 10.9. The standard InChI is InChI=1S/C17H17FN2O3/c1-17(2)15(21)14(11-9-19-8-7-13(11)23-17)20-16(22)10-5-3-4-6-12(10)18/h3-9,14-15,21H,1-2H3,(H,20,22)/t14-,15+/m1/s1. The fraction of sp³-hybridized carbons (Fsp3) is 0.294.